The summed E-state index contributed by atoms with van der Waals surface area (Å²) in [6.07, 6.45) is 4.90. The zero-order valence-corrected chi connectivity index (χ0v) is 21.2. The Morgan fingerprint density at radius 3 is 2.24 bits per heavy atom. The Bertz CT molecular complexity index is 1260. The van der Waals surface area contributed by atoms with E-state index in [1.54, 1.807) is 30.3 Å². The Morgan fingerprint density at radius 1 is 0.921 bits per heavy atom. The second kappa shape index (κ2) is 12.9. The van der Waals surface area contributed by atoms with Gasteiger partial charge in [0.15, 0.2) is 0 Å². The first-order valence-electron chi connectivity index (χ1n) is 13.0. The van der Waals surface area contributed by atoms with Gasteiger partial charge in [-0.2, -0.15) is 0 Å². The lowest BCUT2D eigenvalue weighted by Crippen LogP contribution is -2.53. The molecule has 0 aliphatic heterocycles. The summed E-state index contributed by atoms with van der Waals surface area (Å²) < 4.78 is 14.7. The van der Waals surface area contributed by atoms with Crippen LogP contribution in [0.25, 0.3) is 0 Å². The minimum Gasteiger partial charge on any atom is -0.352 e. The van der Waals surface area contributed by atoms with Gasteiger partial charge in [0.1, 0.15) is 11.9 Å². The smallest absolute Gasteiger partial charge is 0.273 e. The Morgan fingerprint density at radius 2 is 1.55 bits per heavy atom. The monoisotopic (exact) mass is 517 g/mol. The second-order valence-corrected chi connectivity index (χ2v) is 9.72. The van der Waals surface area contributed by atoms with E-state index in [4.69, 9.17) is 0 Å². The highest BCUT2D eigenvalue weighted by molar-refractivity contribution is 5.89. The van der Waals surface area contributed by atoms with Crippen molar-refractivity contribution in [3.05, 3.63) is 111 Å². The van der Waals surface area contributed by atoms with Crippen LogP contribution in [-0.4, -0.2) is 33.7 Å². The molecule has 1 aliphatic rings. The molecule has 198 valence electrons. The van der Waals surface area contributed by atoms with Gasteiger partial charge in [0.05, 0.1) is 11.3 Å². The highest BCUT2D eigenvalue weighted by atomic mass is 19.1. The lowest BCUT2D eigenvalue weighted by Gasteiger charge is -2.33. The fourth-order valence-corrected chi connectivity index (χ4v) is 5.01. The fraction of sp³-hybridized carbons (Fsp3) is 0.333. The van der Waals surface area contributed by atoms with Crippen molar-refractivity contribution in [2.24, 2.45) is 0 Å². The molecule has 1 N–H and O–H groups in total. The molecule has 0 aromatic heterocycles. The molecule has 0 saturated heterocycles. The zero-order chi connectivity index (χ0) is 26.9. The highest BCUT2D eigenvalue weighted by Crippen LogP contribution is 2.23. The summed E-state index contributed by atoms with van der Waals surface area (Å²) in [4.78, 5) is 40.0. The van der Waals surface area contributed by atoms with Crippen LogP contribution in [0.2, 0.25) is 0 Å². The van der Waals surface area contributed by atoms with Gasteiger partial charge in [-0.3, -0.25) is 19.7 Å². The molecule has 1 fully saturated rings. The Labute approximate surface area is 221 Å². The van der Waals surface area contributed by atoms with Crippen LogP contribution in [0.15, 0.2) is 78.9 Å². The first kappa shape index (κ1) is 27.0. The molecule has 0 radical (unpaired) electrons. The van der Waals surface area contributed by atoms with E-state index < -0.39 is 22.7 Å². The summed E-state index contributed by atoms with van der Waals surface area (Å²) in [5, 5.41) is 14.7. The minimum absolute atomic E-state index is 0.0233. The standard InChI is InChI=1S/C30H32FN3O4/c31-26-17-9-7-14-24(26)21-33(29(35)20-23-13-8-10-18-27(23)34(37)38)28(19-22-11-3-1-4-12-22)30(36)32-25-15-5-2-6-16-25/h1,3-4,7-14,17-18,25,28H,2,5-6,15-16,19-21H2,(H,32,36)/t28-/m1/s1. The van der Waals surface area contributed by atoms with Crippen LogP contribution >= 0.6 is 0 Å². The number of nitro benzene ring substituents is 1. The molecule has 4 rings (SSSR count). The summed E-state index contributed by atoms with van der Waals surface area (Å²) in [5.41, 5.74) is 1.20. The van der Waals surface area contributed by atoms with Crippen molar-refractivity contribution in [1.29, 1.82) is 0 Å². The van der Waals surface area contributed by atoms with E-state index in [0.29, 0.717) is 0 Å². The molecular weight excluding hydrogens is 485 g/mol. The summed E-state index contributed by atoms with van der Waals surface area (Å²) in [6, 6.07) is 20.7. The number of nitro groups is 1. The maximum atomic E-state index is 14.7. The van der Waals surface area contributed by atoms with Gasteiger partial charge in [-0.05, 0) is 24.5 Å². The van der Waals surface area contributed by atoms with Crippen molar-refractivity contribution in [2.45, 2.75) is 63.6 Å². The van der Waals surface area contributed by atoms with Gasteiger partial charge >= 0.3 is 0 Å². The zero-order valence-electron chi connectivity index (χ0n) is 21.2. The summed E-state index contributed by atoms with van der Waals surface area (Å²) in [6.45, 7) is -0.137. The summed E-state index contributed by atoms with van der Waals surface area (Å²) in [5.74, 6) is -1.27. The van der Waals surface area contributed by atoms with Crippen LogP contribution < -0.4 is 5.32 Å². The molecule has 2 amide bonds. The molecule has 0 unspecified atom stereocenters. The first-order chi connectivity index (χ1) is 18.4. The molecule has 1 saturated carbocycles. The van der Waals surface area contributed by atoms with Crippen LogP contribution in [0, 0.1) is 15.9 Å². The number of hydrogen-bond donors (Lipinski definition) is 1. The van der Waals surface area contributed by atoms with Crippen molar-refractivity contribution in [3.8, 4) is 0 Å². The quantitative estimate of drug-likeness (QED) is 0.289. The van der Waals surface area contributed by atoms with Crippen LogP contribution in [0.3, 0.4) is 0 Å². The number of para-hydroxylation sites is 1. The highest BCUT2D eigenvalue weighted by Gasteiger charge is 2.33. The fourth-order valence-electron chi connectivity index (χ4n) is 5.01. The van der Waals surface area contributed by atoms with Gasteiger partial charge in [-0.1, -0.05) is 86.0 Å². The lowest BCUT2D eigenvalue weighted by molar-refractivity contribution is -0.385. The number of benzene rings is 3. The first-order valence-corrected chi connectivity index (χ1v) is 13.0. The second-order valence-electron chi connectivity index (χ2n) is 9.72. The maximum absolute atomic E-state index is 14.7. The molecule has 3 aromatic rings. The third kappa shape index (κ3) is 7.03. The van der Waals surface area contributed by atoms with Gasteiger partial charge in [-0.15, -0.1) is 0 Å². The SMILES string of the molecule is O=C(NC1CCCCC1)[C@@H](Cc1ccccc1)N(Cc1ccccc1F)C(=O)Cc1ccccc1[N+](=O)[O-]. The van der Waals surface area contributed by atoms with Crippen molar-refractivity contribution >= 4 is 17.5 Å². The largest absolute Gasteiger partial charge is 0.352 e. The van der Waals surface area contributed by atoms with Gasteiger partial charge in [-0.25, -0.2) is 4.39 Å². The number of rotatable bonds is 10. The third-order valence-electron chi connectivity index (χ3n) is 7.05. The van der Waals surface area contributed by atoms with E-state index >= 15 is 0 Å². The number of hydrogen-bond acceptors (Lipinski definition) is 4. The molecule has 1 atom stereocenters. The Kier molecular flexibility index (Phi) is 9.19. The molecule has 7 nitrogen and oxygen atoms in total. The topological polar surface area (TPSA) is 92.6 Å². The Hall–Kier alpha value is -4.07. The van der Waals surface area contributed by atoms with Crippen LogP contribution in [0.4, 0.5) is 10.1 Å². The maximum Gasteiger partial charge on any atom is 0.273 e. The van der Waals surface area contributed by atoms with E-state index in [1.807, 2.05) is 30.3 Å². The Balaban J connectivity index is 1.70. The van der Waals surface area contributed by atoms with E-state index in [9.17, 15) is 24.1 Å². The van der Waals surface area contributed by atoms with E-state index in [0.717, 1.165) is 37.7 Å². The van der Waals surface area contributed by atoms with Crippen LogP contribution in [-0.2, 0) is 29.0 Å². The van der Waals surface area contributed by atoms with Crippen LogP contribution in [0.1, 0.15) is 48.8 Å². The van der Waals surface area contributed by atoms with Gasteiger partial charge in [0.25, 0.3) is 5.69 Å². The summed E-state index contributed by atoms with van der Waals surface area (Å²) >= 11 is 0. The predicted octanol–water partition coefficient (Wildman–Crippen LogP) is 5.37. The number of halogens is 1. The van der Waals surface area contributed by atoms with Crippen molar-refractivity contribution < 1.29 is 18.9 Å². The van der Waals surface area contributed by atoms with Gasteiger partial charge < -0.3 is 10.2 Å². The van der Waals surface area contributed by atoms with Crippen molar-refractivity contribution in [3.63, 3.8) is 0 Å². The van der Waals surface area contributed by atoms with Crippen molar-refractivity contribution in [1.82, 2.24) is 10.2 Å². The van der Waals surface area contributed by atoms with E-state index in [-0.39, 0.29) is 48.1 Å². The molecule has 8 heteroatoms. The average Bonchev–Trinajstić information content (AvgIpc) is 2.93. The number of nitrogens with one attached hydrogen (secondary N) is 1. The van der Waals surface area contributed by atoms with E-state index in [2.05, 4.69) is 5.32 Å². The average molecular weight is 518 g/mol. The molecule has 1 aliphatic carbocycles. The normalized spacial score (nSPS) is 14.4. The van der Waals surface area contributed by atoms with Gasteiger partial charge in [0.2, 0.25) is 11.8 Å². The molecule has 38 heavy (non-hydrogen) atoms. The van der Waals surface area contributed by atoms with Crippen LogP contribution in [0.5, 0.6) is 0 Å². The predicted molar refractivity (Wildman–Crippen MR) is 143 cm³/mol. The van der Waals surface area contributed by atoms with Crippen molar-refractivity contribution in [2.75, 3.05) is 0 Å². The van der Waals surface area contributed by atoms with Gasteiger partial charge in [0, 0.05) is 36.2 Å². The third-order valence-corrected chi connectivity index (χ3v) is 7.05. The summed E-state index contributed by atoms with van der Waals surface area (Å²) in [7, 11) is 0. The molecule has 0 spiro atoms. The lowest BCUT2D eigenvalue weighted by atomic mass is 9.94. The molecule has 3 aromatic carbocycles. The molecular formula is C30H32FN3O4. The number of amides is 2. The molecule has 0 bridgehead atoms. The number of carbonyl (C=O) groups is 2. The minimum atomic E-state index is -0.922. The molecule has 0 heterocycles. The number of carbonyl (C=O) groups excluding carboxylic acids is 2. The number of nitrogens with zero attached hydrogens (tertiary/aromatic N) is 2. The van der Waals surface area contributed by atoms with E-state index in [1.165, 1.54) is 23.1 Å².